The molecule has 1 atom stereocenters. The van der Waals surface area contributed by atoms with Crippen LogP contribution >= 0.6 is 0 Å². The number of fused-ring (bicyclic) bond motifs is 6. The highest BCUT2D eigenvalue weighted by Crippen LogP contribution is 2.39. The first kappa shape index (κ1) is 33.2. The Morgan fingerprint density at radius 2 is 1.07 bits per heavy atom. The van der Waals surface area contributed by atoms with Gasteiger partial charge in [0.1, 0.15) is 47.3 Å². The van der Waals surface area contributed by atoms with Gasteiger partial charge in [-0.3, -0.25) is 9.13 Å². The third kappa shape index (κ3) is 5.86. The van der Waals surface area contributed by atoms with Crippen molar-refractivity contribution in [3.05, 3.63) is 164 Å². The van der Waals surface area contributed by atoms with Crippen molar-refractivity contribution in [1.82, 2.24) is 34.1 Å². The van der Waals surface area contributed by atoms with Crippen LogP contribution in [0.4, 0.5) is 0 Å². The summed E-state index contributed by atoms with van der Waals surface area (Å²) in [6, 6.07) is 45.1. The summed E-state index contributed by atoms with van der Waals surface area (Å²) >= 11 is 0. The van der Waals surface area contributed by atoms with Gasteiger partial charge in [0, 0.05) is 57.7 Å². The highest BCUT2D eigenvalue weighted by molar-refractivity contribution is 6.10. The molecular weight excluding hydrogens is 695 g/mol. The Bertz CT molecular complexity index is 3050. The Hall–Kier alpha value is -7.39. The Morgan fingerprint density at radius 3 is 1.68 bits per heavy atom. The Kier molecular flexibility index (Phi) is 8.17. The molecule has 0 amide bonds. The molecule has 5 aromatic heterocycles. The normalized spacial score (nSPS) is 12.1. The van der Waals surface area contributed by atoms with E-state index in [9.17, 15) is 0 Å². The van der Waals surface area contributed by atoms with Crippen LogP contribution < -0.4 is 9.47 Å². The van der Waals surface area contributed by atoms with Crippen molar-refractivity contribution >= 4 is 43.6 Å². The first-order valence-electron chi connectivity index (χ1n) is 18.7. The predicted molar refractivity (Wildman–Crippen MR) is 221 cm³/mol. The molecule has 9 heteroatoms. The molecule has 0 aliphatic heterocycles. The second-order valence-corrected chi connectivity index (χ2v) is 13.9. The zero-order valence-corrected chi connectivity index (χ0v) is 30.7. The summed E-state index contributed by atoms with van der Waals surface area (Å²) in [5, 5.41) is 4.51. The third-order valence-corrected chi connectivity index (χ3v) is 10.5. The fourth-order valence-corrected chi connectivity index (χ4v) is 7.59. The number of ether oxygens (including phenoxy) is 2. The van der Waals surface area contributed by atoms with E-state index in [4.69, 9.17) is 14.5 Å². The summed E-state index contributed by atoms with van der Waals surface area (Å²) in [6.07, 6.45) is 7.73. The minimum atomic E-state index is 0.421. The zero-order chi connectivity index (χ0) is 37.6. The van der Waals surface area contributed by atoms with E-state index in [0.29, 0.717) is 34.7 Å². The number of hydrogen-bond donors (Lipinski definition) is 0. The molecule has 0 fully saturated rings. The standard InChI is InChI=1S/C47H35N7O2/c1-3-30(2)31-19-21-50-46(24-31)54-42-13-7-5-11-38(42)40-18-16-34(27-44(40)54)56-36-23-32(47-51-28-48-29-52-47)22-35(25-36)55-33-15-17-39-37-10-4-6-12-41(37)53(43(39)26-33)45-14-8-9-20-49-45/h4-30H,3H2,1-2H3. The first-order chi connectivity index (χ1) is 27.6. The van der Waals surface area contributed by atoms with Gasteiger partial charge in [0.25, 0.3) is 0 Å². The highest BCUT2D eigenvalue weighted by Gasteiger charge is 2.18. The molecule has 9 nitrogen and oxygen atoms in total. The van der Waals surface area contributed by atoms with Crippen LogP contribution in [0.3, 0.4) is 0 Å². The van der Waals surface area contributed by atoms with Crippen LogP contribution in [0.25, 0.3) is 66.6 Å². The Morgan fingerprint density at radius 1 is 0.500 bits per heavy atom. The third-order valence-electron chi connectivity index (χ3n) is 10.5. The van der Waals surface area contributed by atoms with Gasteiger partial charge in [-0.25, -0.2) is 24.9 Å². The van der Waals surface area contributed by atoms with Gasteiger partial charge in [-0.05, 0) is 90.7 Å². The van der Waals surface area contributed by atoms with Crippen LogP contribution in [-0.2, 0) is 0 Å². The molecule has 0 aliphatic rings. The summed E-state index contributed by atoms with van der Waals surface area (Å²) in [5.41, 5.74) is 6.13. The molecule has 5 heterocycles. The summed E-state index contributed by atoms with van der Waals surface area (Å²) in [7, 11) is 0. The van der Waals surface area contributed by atoms with Gasteiger partial charge < -0.3 is 9.47 Å². The highest BCUT2D eigenvalue weighted by atomic mass is 16.5. The summed E-state index contributed by atoms with van der Waals surface area (Å²) < 4.78 is 17.7. The second kappa shape index (κ2) is 13.8. The van der Waals surface area contributed by atoms with Crippen LogP contribution in [0, 0.1) is 0 Å². The molecule has 0 spiro atoms. The zero-order valence-electron chi connectivity index (χ0n) is 30.7. The van der Waals surface area contributed by atoms with Gasteiger partial charge in [0.05, 0.1) is 22.1 Å². The van der Waals surface area contributed by atoms with E-state index in [1.807, 2.05) is 67.0 Å². The molecular formula is C47H35N7O2. The van der Waals surface area contributed by atoms with Crippen molar-refractivity contribution in [1.29, 1.82) is 0 Å². The number of benzene rings is 5. The van der Waals surface area contributed by atoms with Crippen LogP contribution in [0.15, 0.2) is 159 Å². The lowest BCUT2D eigenvalue weighted by Gasteiger charge is -2.14. The lowest BCUT2D eigenvalue weighted by Crippen LogP contribution is -2.00. The maximum absolute atomic E-state index is 6.68. The van der Waals surface area contributed by atoms with Crippen LogP contribution in [0.2, 0.25) is 0 Å². The number of rotatable bonds is 9. The average Bonchev–Trinajstić information content (AvgIpc) is 3.76. The number of nitrogens with zero attached hydrogens (tertiary/aromatic N) is 7. The fourth-order valence-electron chi connectivity index (χ4n) is 7.59. The molecule has 56 heavy (non-hydrogen) atoms. The SMILES string of the molecule is CCC(C)c1ccnc(-n2c3ccccc3c3ccc(Oc4cc(Oc5ccc6c7ccccc7n(-c7ccccn7)c6c5)cc(-c5ncncn5)c4)cc32)c1. The number of para-hydroxylation sites is 2. The number of pyridine rings is 2. The van der Waals surface area contributed by atoms with Gasteiger partial charge in [-0.1, -0.05) is 56.3 Å². The quantitative estimate of drug-likeness (QED) is 0.146. The molecule has 270 valence electrons. The smallest absolute Gasteiger partial charge is 0.162 e. The molecule has 0 radical (unpaired) electrons. The predicted octanol–water partition coefficient (Wildman–Crippen LogP) is 11.6. The molecule has 1 unspecified atom stereocenters. The van der Waals surface area contributed by atoms with Gasteiger partial charge in [0.15, 0.2) is 5.82 Å². The molecule has 0 saturated heterocycles. The minimum absolute atomic E-state index is 0.421. The lowest BCUT2D eigenvalue weighted by atomic mass is 10.00. The van der Waals surface area contributed by atoms with Crippen LogP contribution in [-0.4, -0.2) is 34.1 Å². The molecule has 10 aromatic rings. The molecule has 0 N–H and O–H groups in total. The van der Waals surface area contributed by atoms with E-state index in [-0.39, 0.29) is 0 Å². The van der Waals surface area contributed by atoms with Crippen molar-refractivity contribution in [3.8, 4) is 46.0 Å². The van der Waals surface area contributed by atoms with Crippen molar-refractivity contribution in [2.45, 2.75) is 26.2 Å². The average molecular weight is 730 g/mol. The number of hydrogen-bond acceptors (Lipinski definition) is 7. The maximum Gasteiger partial charge on any atom is 0.162 e. The van der Waals surface area contributed by atoms with Gasteiger partial charge >= 0.3 is 0 Å². The van der Waals surface area contributed by atoms with E-state index in [1.54, 1.807) is 0 Å². The van der Waals surface area contributed by atoms with Gasteiger partial charge in [-0.2, -0.15) is 0 Å². The molecule has 5 aromatic carbocycles. The van der Waals surface area contributed by atoms with Crippen molar-refractivity contribution < 1.29 is 9.47 Å². The Labute approximate surface area is 322 Å². The van der Waals surface area contributed by atoms with E-state index >= 15 is 0 Å². The van der Waals surface area contributed by atoms with Crippen molar-refractivity contribution in [3.63, 3.8) is 0 Å². The van der Waals surface area contributed by atoms with Crippen molar-refractivity contribution in [2.24, 2.45) is 0 Å². The lowest BCUT2D eigenvalue weighted by molar-refractivity contribution is 0.461. The van der Waals surface area contributed by atoms with E-state index in [0.717, 1.165) is 67.2 Å². The second-order valence-electron chi connectivity index (χ2n) is 13.9. The van der Waals surface area contributed by atoms with Crippen LogP contribution in [0.5, 0.6) is 23.0 Å². The van der Waals surface area contributed by atoms with E-state index in [2.05, 4.69) is 122 Å². The molecule has 0 bridgehead atoms. The number of aromatic nitrogens is 7. The van der Waals surface area contributed by atoms with Gasteiger partial charge in [0.2, 0.25) is 0 Å². The largest absolute Gasteiger partial charge is 0.457 e. The van der Waals surface area contributed by atoms with E-state index < -0.39 is 0 Å². The Balaban J connectivity index is 1.07. The molecule has 0 aliphatic carbocycles. The summed E-state index contributed by atoms with van der Waals surface area (Å²) in [6.45, 7) is 4.46. The van der Waals surface area contributed by atoms with Crippen molar-refractivity contribution in [2.75, 3.05) is 0 Å². The monoisotopic (exact) mass is 729 g/mol. The molecule has 0 saturated carbocycles. The van der Waals surface area contributed by atoms with E-state index in [1.165, 1.54) is 18.2 Å². The minimum Gasteiger partial charge on any atom is -0.457 e. The first-order valence-corrected chi connectivity index (χ1v) is 18.7. The maximum atomic E-state index is 6.68. The fraction of sp³-hybridized carbons (Fsp3) is 0.0851. The topological polar surface area (TPSA) is 92.8 Å². The van der Waals surface area contributed by atoms with Crippen LogP contribution in [0.1, 0.15) is 31.7 Å². The summed E-state index contributed by atoms with van der Waals surface area (Å²) in [5.74, 6) is 5.10. The molecule has 10 rings (SSSR count). The van der Waals surface area contributed by atoms with Gasteiger partial charge in [-0.15, -0.1) is 0 Å². The summed E-state index contributed by atoms with van der Waals surface area (Å²) in [4.78, 5) is 22.4.